The number of aromatic nitrogens is 4. The highest BCUT2D eigenvalue weighted by atomic mass is 35.5. The van der Waals surface area contributed by atoms with E-state index in [1.54, 1.807) is 13.3 Å². The number of hydrogen-bond acceptors (Lipinski definition) is 5. The van der Waals surface area contributed by atoms with Gasteiger partial charge in [-0.1, -0.05) is 18.2 Å². The van der Waals surface area contributed by atoms with Gasteiger partial charge in [-0.3, -0.25) is 5.10 Å². The Hall–Kier alpha value is -2.18. The smallest absolute Gasteiger partial charge is 0.226 e. The van der Waals surface area contributed by atoms with Crippen molar-refractivity contribution in [2.75, 3.05) is 12.4 Å². The summed E-state index contributed by atoms with van der Waals surface area (Å²) >= 11 is 5.91. The molecule has 7 heteroatoms. The molecule has 6 nitrogen and oxygen atoms in total. The van der Waals surface area contributed by atoms with Crippen LogP contribution in [0, 0.1) is 0 Å². The summed E-state index contributed by atoms with van der Waals surface area (Å²) < 4.78 is 5.19. The van der Waals surface area contributed by atoms with Gasteiger partial charge in [-0.05, 0) is 17.7 Å². The number of rotatable bonds is 4. The first-order valence-electron chi connectivity index (χ1n) is 5.98. The first kappa shape index (κ1) is 12.8. The van der Waals surface area contributed by atoms with Gasteiger partial charge >= 0.3 is 0 Å². The summed E-state index contributed by atoms with van der Waals surface area (Å²) in [6.45, 7) is 0.510. The Morgan fingerprint density at radius 3 is 3.00 bits per heavy atom. The van der Waals surface area contributed by atoms with E-state index in [-0.39, 0.29) is 5.28 Å². The number of para-hydroxylation sites is 1. The maximum absolute atomic E-state index is 5.91. The first-order valence-corrected chi connectivity index (χ1v) is 6.36. The standard InChI is InChI=1S/C13H12ClN5O/c1-20-7-8-4-2-3-5-10(8)16-11-9-6-15-19-12(9)18-13(14)17-11/h2-6H,7H2,1H3,(H2,15,16,17,18,19). The summed E-state index contributed by atoms with van der Waals surface area (Å²) in [5.74, 6) is 0.609. The average Bonchev–Trinajstić information content (AvgIpc) is 2.89. The number of methoxy groups -OCH3 is 1. The molecule has 20 heavy (non-hydrogen) atoms. The van der Waals surface area contributed by atoms with Crippen molar-refractivity contribution in [3.8, 4) is 0 Å². The van der Waals surface area contributed by atoms with E-state index >= 15 is 0 Å². The van der Waals surface area contributed by atoms with E-state index in [0.717, 1.165) is 16.6 Å². The van der Waals surface area contributed by atoms with Crippen molar-refractivity contribution in [3.63, 3.8) is 0 Å². The molecule has 0 amide bonds. The highest BCUT2D eigenvalue weighted by molar-refractivity contribution is 6.28. The number of nitrogens with zero attached hydrogens (tertiary/aromatic N) is 3. The van der Waals surface area contributed by atoms with Crippen molar-refractivity contribution in [1.82, 2.24) is 20.2 Å². The number of H-pyrrole nitrogens is 1. The topological polar surface area (TPSA) is 75.7 Å². The van der Waals surface area contributed by atoms with Crippen LogP contribution in [-0.2, 0) is 11.3 Å². The van der Waals surface area contributed by atoms with Crippen molar-refractivity contribution < 1.29 is 4.74 Å². The van der Waals surface area contributed by atoms with Crippen LogP contribution in [-0.4, -0.2) is 27.3 Å². The number of ether oxygens (including phenoxy) is 1. The molecule has 0 fully saturated rings. The minimum absolute atomic E-state index is 0.161. The summed E-state index contributed by atoms with van der Waals surface area (Å²) in [5.41, 5.74) is 2.53. The van der Waals surface area contributed by atoms with Crippen molar-refractivity contribution in [1.29, 1.82) is 0 Å². The molecule has 0 aliphatic heterocycles. The van der Waals surface area contributed by atoms with Gasteiger partial charge in [-0.15, -0.1) is 0 Å². The van der Waals surface area contributed by atoms with Gasteiger partial charge in [0, 0.05) is 18.4 Å². The summed E-state index contributed by atoms with van der Waals surface area (Å²) in [6.07, 6.45) is 1.66. The Labute approximate surface area is 120 Å². The molecule has 0 radical (unpaired) electrons. The molecule has 0 atom stereocenters. The fourth-order valence-corrected chi connectivity index (χ4v) is 2.12. The molecule has 2 heterocycles. The molecule has 1 aromatic carbocycles. The van der Waals surface area contributed by atoms with Crippen LogP contribution in [0.3, 0.4) is 0 Å². The highest BCUT2D eigenvalue weighted by Crippen LogP contribution is 2.26. The van der Waals surface area contributed by atoms with Crippen LogP contribution in [0.1, 0.15) is 5.56 Å². The Morgan fingerprint density at radius 1 is 1.30 bits per heavy atom. The van der Waals surface area contributed by atoms with E-state index < -0.39 is 0 Å². The number of hydrogen-bond donors (Lipinski definition) is 2. The lowest BCUT2D eigenvalue weighted by Gasteiger charge is -2.11. The molecule has 0 aliphatic rings. The van der Waals surface area contributed by atoms with Crippen LogP contribution < -0.4 is 5.32 Å². The SMILES string of the molecule is COCc1ccccc1Nc1nc(Cl)nc2[nH]ncc12. The van der Waals surface area contributed by atoms with Gasteiger partial charge in [0.1, 0.15) is 5.82 Å². The Kier molecular flexibility index (Phi) is 3.49. The van der Waals surface area contributed by atoms with E-state index in [9.17, 15) is 0 Å². The average molecular weight is 290 g/mol. The zero-order valence-corrected chi connectivity index (χ0v) is 11.5. The third-order valence-corrected chi connectivity index (χ3v) is 3.02. The van der Waals surface area contributed by atoms with E-state index in [2.05, 4.69) is 25.5 Å². The van der Waals surface area contributed by atoms with Crippen LogP contribution >= 0.6 is 11.6 Å². The molecule has 2 aromatic heterocycles. The van der Waals surface area contributed by atoms with Gasteiger partial charge in [0.25, 0.3) is 0 Å². The predicted molar refractivity (Wildman–Crippen MR) is 77.1 cm³/mol. The highest BCUT2D eigenvalue weighted by Gasteiger charge is 2.10. The minimum Gasteiger partial charge on any atom is -0.380 e. The van der Waals surface area contributed by atoms with Crippen molar-refractivity contribution in [2.24, 2.45) is 0 Å². The molecule has 0 unspecified atom stereocenters. The monoisotopic (exact) mass is 289 g/mol. The Bertz CT molecular complexity index is 742. The van der Waals surface area contributed by atoms with Crippen LogP contribution in [0.25, 0.3) is 11.0 Å². The zero-order chi connectivity index (χ0) is 13.9. The molecule has 0 bridgehead atoms. The number of halogens is 1. The molecule has 0 saturated heterocycles. The number of fused-ring (bicyclic) bond motifs is 1. The van der Waals surface area contributed by atoms with Gasteiger partial charge in [0.2, 0.25) is 5.28 Å². The molecular weight excluding hydrogens is 278 g/mol. The van der Waals surface area contributed by atoms with E-state index in [4.69, 9.17) is 16.3 Å². The lowest BCUT2D eigenvalue weighted by atomic mass is 10.2. The summed E-state index contributed by atoms with van der Waals surface area (Å²) in [4.78, 5) is 8.28. The summed E-state index contributed by atoms with van der Waals surface area (Å²) in [7, 11) is 1.66. The predicted octanol–water partition coefficient (Wildman–Crippen LogP) is 2.90. The first-order chi connectivity index (χ1) is 9.78. The second-order valence-electron chi connectivity index (χ2n) is 4.19. The fraction of sp³-hybridized carbons (Fsp3) is 0.154. The molecule has 102 valence electrons. The summed E-state index contributed by atoms with van der Waals surface area (Å²) in [5, 5.41) is 10.9. The summed E-state index contributed by atoms with van der Waals surface area (Å²) in [6, 6.07) is 7.84. The largest absolute Gasteiger partial charge is 0.380 e. The molecule has 0 aliphatic carbocycles. The third-order valence-electron chi connectivity index (χ3n) is 2.85. The molecule has 0 spiro atoms. The van der Waals surface area contributed by atoms with E-state index in [0.29, 0.717) is 18.1 Å². The normalized spacial score (nSPS) is 10.9. The molecule has 3 rings (SSSR count). The second-order valence-corrected chi connectivity index (χ2v) is 4.53. The second kappa shape index (κ2) is 5.44. The van der Waals surface area contributed by atoms with Crippen LogP contribution in [0.5, 0.6) is 0 Å². The quantitative estimate of drug-likeness (QED) is 0.722. The lowest BCUT2D eigenvalue weighted by molar-refractivity contribution is 0.185. The number of benzene rings is 1. The van der Waals surface area contributed by atoms with Crippen LogP contribution in [0.4, 0.5) is 11.5 Å². The van der Waals surface area contributed by atoms with E-state index in [1.807, 2.05) is 24.3 Å². The van der Waals surface area contributed by atoms with Gasteiger partial charge in [-0.25, -0.2) is 0 Å². The maximum atomic E-state index is 5.91. The zero-order valence-electron chi connectivity index (χ0n) is 10.7. The van der Waals surface area contributed by atoms with Crippen LogP contribution in [0.2, 0.25) is 5.28 Å². The van der Waals surface area contributed by atoms with Crippen LogP contribution in [0.15, 0.2) is 30.5 Å². The number of aromatic amines is 1. The van der Waals surface area contributed by atoms with Crippen molar-refractivity contribution >= 4 is 34.1 Å². The Balaban J connectivity index is 2.03. The molecule has 0 saturated carbocycles. The number of anilines is 2. The van der Waals surface area contributed by atoms with E-state index in [1.165, 1.54) is 0 Å². The van der Waals surface area contributed by atoms with Crippen molar-refractivity contribution in [3.05, 3.63) is 41.3 Å². The van der Waals surface area contributed by atoms with Crippen molar-refractivity contribution in [2.45, 2.75) is 6.61 Å². The number of nitrogens with one attached hydrogen (secondary N) is 2. The molecular formula is C13H12ClN5O. The third kappa shape index (κ3) is 2.43. The fourth-order valence-electron chi connectivity index (χ4n) is 1.95. The van der Waals surface area contributed by atoms with Gasteiger partial charge < -0.3 is 10.1 Å². The van der Waals surface area contributed by atoms with Gasteiger partial charge in [-0.2, -0.15) is 15.1 Å². The Morgan fingerprint density at radius 2 is 2.15 bits per heavy atom. The molecule has 2 N–H and O–H groups in total. The molecule has 3 aromatic rings. The van der Waals surface area contributed by atoms with Gasteiger partial charge in [0.05, 0.1) is 18.2 Å². The maximum Gasteiger partial charge on any atom is 0.226 e. The van der Waals surface area contributed by atoms with Gasteiger partial charge in [0.15, 0.2) is 5.65 Å². The minimum atomic E-state index is 0.161. The lowest BCUT2D eigenvalue weighted by Crippen LogP contribution is -2.00.